The molecule has 2 N–H and O–H groups in total. The van der Waals surface area contributed by atoms with E-state index in [4.69, 9.17) is 16.3 Å². The van der Waals surface area contributed by atoms with Crippen molar-refractivity contribution in [3.8, 4) is 5.75 Å². The molecule has 0 bridgehead atoms. The summed E-state index contributed by atoms with van der Waals surface area (Å²) in [5, 5.41) is 6.26. The predicted molar refractivity (Wildman–Crippen MR) is 119 cm³/mol. The molecule has 28 heavy (non-hydrogen) atoms. The number of nitrogens with zero attached hydrogens (tertiary/aromatic N) is 1. The van der Waals surface area contributed by atoms with E-state index in [2.05, 4.69) is 43.6 Å². The second kappa shape index (κ2) is 10.6. The Labute approximate surface area is 179 Å². The first-order valence-electron chi connectivity index (χ1n) is 9.59. The number of anilines is 2. The molecule has 1 saturated heterocycles. The number of urea groups is 1. The Morgan fingerprint density at radius 3 is 2.57 bits per heavy atom. The van der Waals surface area contributed by atoms with Gasteiger partial charge >= 0.3 is 6.03 Å². The summed E-state index contributed by atoms with van der Waals surface area (Å²) in [5.74, 6) is 0.642. The molecule has 7 heteroatoms. The van der Waals surface area contributed by atoms with Gasteiger partial charge < -0.3 is 20.3 Å². The van der Waals surface area contributed by atoms with E-state index in [1.807, 2.05) is 24.3 Å². The maximum atomic E-state index is 12.0. The Hall–Kier alpha value is -1.92. The summed E-state index contributed by atoms with van der Waals surface area (Å²) in [5.41, 5.74) is 2.01. The maximum absolute atomic E-state index is 12.0. The topological polar surface area (TPSA) is 53.6 Å². The van der Waals surface area contributed by atoms with Crippen LogP contribution >= 0.6 is 27.5 Å². The molecule has 2 aromatic carbocycles. The van der Waals surface area contributed by atoms with Gasteiger partial charge in [-0.25, -0.2) is 4.79 Å². The number of amides is 2. The first kappa shape index (κ1) is 20.8. The Balaban J connectivity index is 1.35. The normalized spacial score (nSPS) is 13.9. The molecule has 0 unspecified atom stereocenters. The minimum Gasteiger partial charge on any atom is -0.492 e. The molecule has 0 atom stereocenters. The van der Waals surface area contributed by atoms with Crippen LogP contribution in [0.15, 0.2) is 46.9 Å². The van der Waals surface area contributed by atoms with E-state index < -0.39 is 0 Å². The van der Waals surface area contributed by atoms with Gasteiger partial charge in [-0.2, -0.15) is 0 Å². The lowest BCUT2D eigenvalue weighted by Crippen LogP contribution is -2.30. The first-order chi connectivity index (χ1) is 13.6. The number of carbonyl (C=O) groups is 1. The van der Waals surface area contributed by atoms with Crippen molar-refractivity contribution in [2.24, 2.45) is 0 Å². The third-order valence-corrected chi connectivity index (χ3v) is 5.39. The molecule has 2 amide bonds. The zero-order chi connectivity index (χ0) is 19.8. The van der Waals surface area contributed by atoms with E-state index in [1.165, 1.54) is 24.9 Å². The molecule has 0 spiro atoms. The summed E-state index contributed by atoms with van der Waals surface area (Å²) in [6.45, 7) is 3.22. The van der Waals surface area contributed by atoms with Crippen LogP contribution in [0.3, 0.4) is 0 Å². The number of nitrogens with one attached hydrogen (secondary N) is 2. The Bertz CT molecular complexity index is 780. The lowest BCUT2D eigenvalue weighted by Gasteiger charge is -2.28. The molecule has 0 aromatic heterocycles. The summed E-state index contributed by atoms with van der Waals surface area (Å²) < 4.78 is 6.54. The van der Waals surface area contributed by atoms with Crippen LogP contribution in [0.4, 0.5) is 16.2 Å². The quantitative estimate of drug-likeness (QED) is 0.516. The average Bonchev–Trinajstić information content (AvgIpc) is 2.70. The van der Waals surface area contributed by atoms with E-state index >= 15 is 0 Å². The minimum absolute atomic E-state index is 0.215. The molecule has 5 nitrogen and oxygen atoms in total. The van der Waals surface area contributed by atoms with Crippen molar-refractivity contribution in [3.63, 3.8) is 0 Å². The Kier molecular flexibility index (Phi) is 7.86. The van der Waals surface area contributed by atoms with E-state index in [-0.39, 0.29) is 6.03 Å². The summed E-state index contributed by atoms with van der Waals surface area (Å²) in [7, 11) is 0. The van der Waals surface area contributed by atoms with Gasteiger partial charge in [-0.3, -0.25) is 0 Å². The highest BCUT2D eigenvalue weighted by molar-refractivity contribution is 9.10. The number of hydrogen-bond acceptors (Lipinski definition) is 3. The fourth-order valence-electron chi connectivity index (χ4n) is 3.13. The maximum Gasteiger partial charge on any atom is 0.319 e. The van der Waals surface area contributed by atoms with Crippen molar-refractivity contribution < 1.29 is 9.53 Å². The van der Waals surface area contributed by atoms with Gasteiger partial charge in [0, 0.05) is 35.5 Å². The minimum atomic E-state index is -0.215. The Morgan fingerprint density at radius 2 is 1.86 bits per heavy atom. The standard InChI is InChI=1S/C21H25BrClN3O2/c22-16-5-10-20(19(23)15-16)28-14-4-11-24-21(27)25-17-6-8-18(9-7-17)26-12-2-1-3-13-26/h5-10,15H,1-4,11-14H2,(H2,24,25,27). The van der Waals surface area contributed by atoms with Crippen molar-refractivity contribution in [2.45, 2.75) is 25.7 Å². The zero-order valence-corrected chi connectivity index (χ0v) is 18.1. The molecule has 1 fully saturated rings. The zero-order valence-electron chi connectivity index (χ0n) is 15.7. The molecule has 2 aromatic rings. The number of ether oxygens (including phenoxy) is 1. The fraction of sp³-hybridized carbons (Fsp3) is 0.381. The van der Waals surface area contributed by atoms with Crippen molar-refractivity contribution in [1.82, 2.24) is 5.32 Å². The molecular weight excluding hydrogens is 442 g/mol. The molecular formula is C21H25BrClN3O2. The highest BCUT2D eigenvalue weighted by Crippen LogP contribution is 2.27. The van der Waals surface area contributed by atoms with Gasteiger partial charge in [0.15, 0.2) is 0 Å². The number of rotatable bonds is 7. The fourth-order valence-corrected chi connectivity index (χ4v) is 3.86. The van der Waals surface area contributed by atoms with Gasteiger partial charge in [-0.1, -0.05) is 27.5 Å². The van der Waals surface area contributed by atoms with E-state index in [9.17, 15) is 4.79 Å². The van der Waals surface area contributed by atoms with Crippen molar-refractivity contribution in [3.05, 3.63) is 52.0 Å². The molecule has 0 radical (unpaired) electrons. The summed E-state index contributed by atoms with van der Waals surface area (Å²) in [4.78, 5) is 14.4. The third kappa shape index (κ3) is 6.31. The molecule has 0 aliphatic carbocycles. The largest absolute Gasteiger partial charge is 0.492 e. The number of benzene rings is 2. The summed E-state index contributed by atoms with van der Waals surface area (Å²) in [6.07, 6.45) is 4.51. The van der Waals surface area contributed by atoms with E-state index in [0.717, 1.165) is 23.2 Å². The number of carbonyl (C=O) groups excluding carboxylic acids is 1. The lowest BCUT2D eigenvalue weighted by atomic mass is 10.1. The van der Waals surface area contributed by atoms with Gasteiger partial charge in [-0.05, 0) is 68.1 Å². The van der Waals surface area contributed by atoms with Crippen LogP contribution in [0.1, 0.15) is 25.7 Å². The molecule has 1 heterocycles. The van der Waals surface area contributed by atoms with Crippen LogP contribution in [0.5, 0.6) is 5.75 Å². The summed E-state index contributed by atoms with van der Waals surface area (Å²) >= 11 is 9.47. The van der Waals surface area contributed by atoms with Gasteiger partial charge in [0.2, 0.25) is 0 Å². The average molecular weight is 467 g/mol. The molecule has 0 saturated carbocycles. The number of piperidine rings is 1. The van der Waals surface area contributed by atoms with Crippen LogP contribution in [-0.4, -0.2) is 32.3 Å². The van der Waals surface area contributed by atoms with Crippen LogP contribution in [0.2, 0.25) is 5.02 Å². The predicted octanol–water partition coefficient (Wildman–Crippen LogP) is 5.68. The van der Waals surface area contributed by atoms with Crippen LogP contribution in [0.25, 0.3) is 0 Å². The first-order valence-corrected chi connectivity index (χ1v) is 10.8. The second-order valence-corrected chi connectivity index (χ2v) is 8.08. The lowest BCUT2D eigenvalue weighted by molar-refractivity contribution is 0.250. The molecule has 1 aliphatic rings. The van der Waals surface area contributed by atoms with Gasteiger partial charge in [0.1, 0.15) is 5.75 Å². The molecule has 3 rings (SSSR count). The van der Waals surface area contributed by atoms with Crippen molar-refractivity contribution >= 4 is 44.9 Å². The second-order valence-electron chi connectivity index (χ2n) is 6.75. The smallest absolute Gasteiger partial charge is 0.319 e. The van der Waals surface area contributed by atoms with E-state index in [0.29, 0.717) is 30.3 Å². The van der Waals surface area contributed by atoms with Crippen LogP contribution < -0.4 is 20.3 Å². The Morgan fingerprint density at radius 1 is 1.11 bits per heavy atom. The number of hydrogen-bond donors (Lipinski definition) is 2. The van der Waals surface area contributed by atoms with Gasteiger partial charge in [0.05, 0.1) is 11.6 Å². The summed E-state index contributed by atoms with van der Waals surface area (Å²) in [6, 6.07) is 13.3. The third-order valence-electron chi connectivity index (χ3n) is 4.60. The van der Waals surface area contributed by atoms with Crippen molar-refractivity contribution in [1.29, 1.82) is 0 Å². The highest BCUT2D eigenvalue weighted by atomic mass is 79.9. The highest BCUT2D eigenvalue weighted by Gasteiger charge is 2.11. The number of halogens is 2. The van der Waals surface area contributed by atoms with Gasteiger partial charge in [0.25, 0.3) is 0 Å². The van der Waals surface area contributed by atoms with Crippen molar-refractivity contribution in [2.75, 3.05) is 36.5 Å². The molecule has 1 aliphatic heterocycles. The van der Waals surface area contributed by atoms with Crippen LogP contribution in [-0.2, 0) is 0 Å². The molecule has 150 valence electrons. The van der Waals surface area contributed by atoms with E-state index in [1.54, 1.807) is 6.07 Å². The SMILES string of the molecule is O=C(NCCCOc1ccc(Br)cc1Cl)Nc1ccc(N2CCCCC2)cc1. The van der Waals surface area contributed by atoms with Gasteiger partial charge in [-0.15, -0.1) is 0 Å². The monoisotopic (exact) mass is 465 g/mol. The van der Waals surface area contributed by atoms with Crippen LogP contribution in [0, 0.1) is 0 Å².